The number of carbonyl (C=O) groups is 1. The van der Waals surface area contributed by atoms with E-state index >= 15 is 0 Å². The summed E-state index contributed by atoms with van der Waals surface area (Å²) in [5.74, 6) is -0.502. The minimum atomic E-state index is -0.884. The zero-order chi connectivity index (χ0) is 15.0. The summed E-state index contributed by atoms with van der Waals surface area (Å²) < 4.78 is 18.2. The molecule has 0 fully saturated rings. The van der Waals surface area contributed by atoms with Crippen molar-refractivity contribution in [3.8, 4) is 5.75 Å². The minimum absolute atomic E-state index is 0.291. The Kier molecular flexibility index (Phi) is 6.45. The molecule has 0 saturated carbocycles. The van der Waals surface area contributed by atoms with Crippen LogP contribution in [0.15, 0.2) is 24.3 Å². The summed E-state index contributed by atoms with van der Waals surface area (Å²) in [6.45, 7) is 4.70. The first-order valence-electron chi connectivity index (χ1n) is 6.85. The Hall–Kier alpha value is -1.62. The van der Waals surface area contributed by atoms with Crippen LogP contribution in [0.5, 0.6) is 5.75 Å². The average Bonchev–Trinajstić information content (AvgIpc) is 2.40. The molecule has 0 radical (unpaired) electrons. The molecule has 0 aliphatic rings. The highest BCUT2D eigenvalue weighted by molar-refractivity contribution is 5.78. The zero-order valence-electron chi connectivity index (χ0n) is 12.0. The first-order valence-corrected chi connectivity index (χ1v) is 6.85. The lowest BCUT2D eigenvalue weighted by Crippen LogP contribution is -2.49. The van der Waals surface area contributed by atoms with Crippen LogP contribution in [0.1, 0.15) is 33.1 Å². The van der Waals surface area contributed by atoms with Gasteiger partial charge in [-0.1, -0.05) is 6.92 Å². The number of aliphatic carboxylic acids is 1. The van der Waals surface area contributed by atoms with E-state index in [2.05, 4.69) is 5.32 Å². The second-order valence-electron chi connectivity index (χ2n) is 4.93. The molecule has 0 heterocycles. The number of carboxylic acid groups (broad SMARTS) is 1. The van der Waals surface area contributed by atoms with Crippen molar-refractivity contribution in [1.82, 2.24) is 5.32 Å². The van der Waals surface area contributed by atoms with Crippen LogP contribution in [0.3, 0.4) is 0 Å². The van der Waals surface area contributed by atoms with Gasteiger partial charge < -0.3 is 15.2 Å². The first kappa shape index (κ1) is 16.4. The summed E-state index contributed by atoms with van der Waals surface area (Å²) >= 11 is 0. The van der Waals surface area contributed by atoms with Crippen molar-refractivity contribution in [2.75, 3.05) is 13.2 Å². The number of carboxylic acids is 1. The molecule has 1 rings (SSSR count). The van der Waals surface area contributed by atoms with E-state index in [9.17, 15) is 14.3 Å². The van der Waals surface area contributed by atoms with Gasteiger partial charge in [-0.3, -0.25) is 4.79 Å². The SMILES string of the molecule is CCNC(C)(CCCCOc1ccc(F)cc1)C(=O)O. The number of nitrogens with one attached hydrogen (secondary N) is 1. The number of ether oxygens (including phenoxy) is 1. The fourth-order valence-corrected chi connectivity index (χ4v) is 1.96. The van der Waals surface area contributed by atoms with Crippen LogP contribution >= 0.6 is 0 Å². The summed E-state index contributed by atoms with van der Waals surface area (Å²) in [6.07, 6.45) is 2.05. The maximum Gasteiger partial charge on any atom is 0.323 e. The second kappa shape index (κ2) is 7.85. The third kappa shape index (κ3) is 5.17. The van der Waals surface area contributed by atoms with Gasteiger partial charge in [0.1, 0.15) is 17.1 Å². The highest BCUT2D eigenvalue weighted by Crippen LogP contribution is 2.16. The van der Waals surface area contributed by atoms with Gasteiger partial charge in [0.15, 0.2) is 0 Å². The van der Waals surface area contributed by atoms with Crippen molar-refractivity contribution in [3.05, 3.63) is 30.1 Å². The van der Waals surface area contributed by atoms with Crippen molar-refractivity contribution in [2.24, 2.45) is 0 Å². The molecule has 112 valence electrons. The summed E-state index contributed by atoms with van der Waals surface area (Å²) in [5.41, 5.74) is -0.884. The Balaban J connectivity index is 2.27. The molecule has 0 aromatic heterocycles. The molecule has 0 bridgehead atoms. The van der Waals surface area contributed by atoms with Crippen LogP contribution in [-0.4, -0.2) is 29.8 Å². The Morgan fingerprint density at radius 1 is 1.35 bits per heavy atom. The maximum atomic E-state index is 12.7. The lowest BCUT2D eigenvalue weighted by Gasteiger charge is -2.25. The van der Waals surface area contributed by atoms with Gasteiger partial charge in [0.25, 0.3) is 0 Å². The zero-order valence-corrected chi connectivity index (χ0v) is 12.0. The van der Waals surface area contributed by atoms with Crippen LogP contribution in [0, 0.1) is 5.82 Å². The summed E-state index contributed by atoms with van der Waals surface area (Å²) in [6, 6.07) is 5.86. The summed E-state index contributed by atoms with van der Waals surface area (Å²) in [7, 11) is 0. The summed E-state index contributed by atoms with van der Waals surface area (Å²) in [4.78, 5) is 11.2. The van der Waals surface area contributed by atoms with Crippen LogP contribution < -0.4 is 10.1 Å². The smallest absolute Gasteiger partial charge is 0.323 e. The molecule has 0 aliphatic heterocycles. The molecule has 0 saturated heterocycles. The molecular formula is C15H22FNO3. The molecule has 4 nitrogen and oxygen atoms in total. The van der Waals surface area contributed by atoms with Crippen molar-refractivity contribution < 1.29 is 19.0 Å². The van der Waals surface area contributed by atoms with Crippen LogP contribution in [0.25, 0.3) is 0 Å². The van der Waals surface area contributed by atoms with Gasteiger partial charge in [0.05, 0.1) is 6.61 Å². The minimum Gasteiger partial charge on any atom is -0.494 e. The predicted octanol–water partition coefficient (Wildman–Crippen LogP) is 2.83. The van der Waals surface area contributed by atoms with Gasteiger partial charge in [0, 0.05) is 0 Å². The second-order valence-corrected chi connectivity index (χ2v) is 4.93. The molecule has 1 unspecified atom stereocenters. The van der Waals surface area contributed by atoms with Crippen molar-refractivity contribution in [1.29, 1.82) is 0 Å². The monoisotopic (exact) mass is 283 g/mol. The van der Waals surface area contributed by atoms with E-state index in [4.69, 9.17) is 4.74 Å². The molecule has 0 spiro atoms. The average molecular weight is 283 g/mol. The van der Waals surface area contributed by atoms with Crippen LogP contribution in [-0.2, 0) is 4.79 Å². The number of halogens is 1. The molecule has 20 heavy (non-hydrogen) atoms. The van der Waals surface area contributed by atoms with E-state index in [-0.39, 0.29) is 5.82 Å². The van der Waals surface area contributed by atoms with Gasteiger partial charge in [-0.2, -0.15) is 0 Å². The van der Waals surface area contributed by atoms with Crippen molar-refractivity contribution >= 4 is 5.97 Å². The molecular weight excluding hydrogens is 261 g/mol. The number of hydrogen-bond donors (Lipinski definition) is 2. The topological polar surface area (TPSA) is 58.6 Å². The van der Waals surface area contributed by atoms with E-state index in [0.717, 1.165) is 12.8 Å². The van der Waals surface area contributed by atoms with Gasteiger partial charge >= 0.3 is 5.97 Å². The van der Waals surface area contributed by atoms with Crippen molar-refractivity contribution in [2.45, 2.75) is 38.6 Å². The molecule has 0 amide bonds. The van der Waals surface area contributed by atoms with E-state index in [1.54, 1.807) is 19.1 Å². The lowest BCUT2D eigenvalue weighted by molar-refractivity contribution is -0.144. The van der Waals surface area contributed by atoms with Crippen LogP contribution in [0.4, 0.5) is 4.39 Å². The number of benzene rings is 1. The first-order chi connectivity index (χ1) is 9.48. The van der Waals surface area contributed by atoms with E-state index in [0.29, 0.717) is 25.3 Å². The predicted molar refractivity (Wildman–Crippen MR) is 75.5 cm³/mol. The third-order valence-electron chi connectivity index (χ3n) is 3.19. The fraction of sp³-hybridized carbons (Fsp3) is 0.533. The Morgan fingerprint density at radius 3 is 2.55 bits per heavy atom. The highest BCUT2D eigenvalue weighted by atomic mass is 19.1. The Labute approximate surface area is 119 Å². The quantitative estimate of drug-likeness (QED) is 0.684. The van der Waals surface area contributed by atoms with Gasteiger partial charge in [-0.05, 0) is 57.0 Å². The fourth-order valence-electron chi connectivity index (χ4n) is 1.96. The standard InChI is InChI=1S/C15H22FNO3/c1-3-17-15(2,14(18)19)10-4-5-11-20-13-8-6-12(16)7-9-13/h6-9,17H,3-5,10-11H2,1-2H3,(H,18,19). The third-order valence-corrected chi connectivity index (χ3v) is 3.19. The van der Waals surface area contributed by atoms with E-state index in [1.165, 1.54) is 12.1 Å². The van der Waals surface area contributed by atoms with Gasteiger partial charge in [0.2, 0.25) is 0 Å². The number of rotatable bonds is 9. The molecule has 5 heteroatoms. The molecule has 2 N–H and O–H groups in total. The van der Waals surface area contributed by atoms with E-state index < -0.39 is 11.5 Å². The number of likely N-dealkylation sites (N-methyl/N-ethyl adjacent to an activating group) is 1. The Bertz CT molecular complexity index is 422. The largest absolute Gasteiger partial charge is 0.494 e. The number of unbranched alkanes of at least 4 members (excludes halogenated alkanes) is 1. The molecule has 0 aliphatic carbocycles. The Morgan fingerprint density at radius 2 is 2.00 bits per heavy atom. The summed E-state index contributed by atoms with van der Waals surface area (Å²) in [5, 5.41) is 12.2. The lowest BCUT2D eigenvalue weighted by atomic mass is 9.95. The maximum absolute atomic E-state index is 12.7. The molecule has 1 atom stereocenters. The van der Waals surface area contributed by atoms with Crippen molar-refractivity contribution in [3.63, 3.8) is 0 Å². The normalized spacial score (nSPS) is 13.8. The van der Waals surface area contributed by atoms with Gasteiger partial charge in [-0.15, -0.1) is 0 Å². The highest BCUT2D eigenvalue weighted by Gasteiger charge is 2.30. The van der Waals surface area contributed by atoms with Crippen LogP contribution in [0.2, 0.25) is 0 Å². The number of hydrogen-bond acceptors (Lipinski definition) is 3. The van der Waals surface area contributed by atoms with E-state index in [1.807, 2.05) is 6.92 Å². The van der Waals surface area contributed by atoms with Gasteiger partial charge in [-0.25, -0.2) is 4.39 Å². The molecule has 1 aromatic rings. The molecule has 1 aromatic carbocycles.